The Morgan fingerprint density at radius 1 is 1.43 bits per heavy atom. The van der Waals surface area contributed by atoms with Crippen molar-refractivity contribution in [3.8, 4) is 0 Å². The summed E-state index contributed by atoms with van der Waals surface area (Å²) in [5.41, 5.74) is -0.511. The molecule has 0 radical (unpaired) electrons. The summed E-state index contributed by atoms with van der Waals surface area (Å²) in [7, 11) is 1.57. The molecule has 2 heterocycles. The molecule has 1 saturated heterocycles. The average molecular weight is 513 g/mol. The number of aliphatic hydroxyl groups excluding tert-OH is 1. The standard InChI is InChI=1S/C26H33FN6O4/c1-5-9-19(27)10-7-8-13-29-20(6-2)14-21(34)23(35)33-16-18-11-12-26(15-18,25(33)28)32(4)24(36)22-31-30-17(3)37-22/h5-7,9-10,14,18,28-29,34H,1,8,11-13,15-16H2,2-4H3/b10-7-,19-9+,20-6+,21-14-,28-25?. The highest BCUT2D eigenvalue weighted by atomic mass is 19.1. The predicted molar refractivity (Wildman–Crippen MR) is 136 cm³/mol. The largest absolute Gasteiger partial charge is 0.503 e. The monoisotopic (exact) mass is 512 g/mol. The molecule has 0 spiro atoms. The number of amides is 2. The molecule has 198 valence electrons. The lowest BCUT2D eigenvalue weighted by Crippen LogP contribution is -2.62. The van der Waals surface area contributed by atoms with Gasteiger partial charge in [-0.2, -0.15) is 0 Å². The van der Waals surface area contributed by atoms with E-state index in [9.17, 15) is 19.1 Å². The molecule has 10 nitrogen and oxygen atoms in total. The van der Waals surface area contributed by atoms with Gasteiger partial charge in [0, 0.05) is 38.8 Å². The van der Waals surface area contributed by atoms with E-state index in [1.807, 2.05) is 0 Å². The normalized spacial score (nSPS) is 22.5. The molecule has 1 aromatic heterocycles. The molecular weight excluding hydrogens is 479 g/mol. The average Bonchev–Trinajstić information content (AvgIpc) is 3.48. The van der Waals surface area contributed by atoms with Gasteiger partial charge in [-0.15, -0.1) is 10.2 Å². The van der Waals surface area contributed by atoms with Crippen LogP contribution in [0.3, 0.4) is 0 Å². The van der Waals surface area contributed by atoms with Gasteiger partial charge in [-0.3, -0.25) is 19.9 Å². The van der Waals surface area contributed by atoms with Gasteiger partial charge in [-0.25, -0.2) is 4.39 Å². The first kappa shape index (κ1) is 27.6. The molecular formula is C26H33FN6O4. The number of nitrogens with zero attached hydrogens (tertiary/aromatic N) is 4. The van der Waals surface area contributed by atoms with Gasteiger partial charge in [-0.1, -0.05) is 24.8 Å². The number of amidine groups is 1. The van der Waals surface area contributed by atoms with E-state index in [-0.39, 0.29) is 30.1 Å². The number of hydrogen-bond donors (Lipinski definition) is 3. The molecule has 0 aromatic carbocycles. The Balaban J connectivity index is 1.69. The predicted octanol–water partition coefficient (Wildman–Crippen LogP) is 3.73. The number of aryl methyl sites for hydroxylation is 1. The number of likely N-dealkylation sites (tertiary alicyclic amines) is 1. The third kappa shape index (κ3) is 6.04. The number of fused-ring (bicyclic) bond motifs is 2. The van der Waals surface area contributed by atoms with Crippen molar-refractivity contribution in [2.45, 2.75) is 45.1 Å². The summed E-state index contributed by atoms with van der Waals surface area (Å²) in [4.78, 5) is 28.9. The van der Waals surface area contributed by atoms with Crippen molar-refractivity contribution in [3.05, 3.63) is 72.1 Å². The fourth-order valence-electron chi connectivity index (χ4n) is 4.71. The highest BCUT2D eigenvalue weighted by molar-refractivity contribution is 6.09. The number of piperidine rings is 1. The number of halogens is 1. The molecule has 37 heavy (non-hydrogen) atoms. The molecule has 2 bridgehead atoms. The minimum absolute atomic E-state index is 0.0481. The van der Waals surface area contributed by atoms with Gasteiger partial charge in [0.2, 0.25) is 5.89 Å². The van der Waals surface area contributed by atoms with E-state index >= 15 is 0 Å². The smallest absolute Gasteiger partial charge is 0.311 e. The fourth-order valence-corrected chi connectivity index (χ4v) is 4.71. The first-order valence-electron chi connectivity index (χ1n) is 12.1. The van der Waals surface area contributed by atoms with E-state index in [0.29, 0.717) is 31.5 Å². The quantitative estimate of drug-likeness (QED) is 0.188. The number of allylic oxidation sites excluding steroid dienone is 6. The Hall–Kier alpha value is -4.02. The van der Waals surface area contributed by atoms with Crippen LogP contribution in [-0.2, 0) is 4.79 Å². The summed E-state index contributed by atoms with van der Waals surface area (Å²) in [6.07, 6.45) is 10.9. The van der Waals surface area contributed by atoms with E-state index < -0.39 is 28.9 Å². The maximum Gasteiger partial charge on any atom is 0.311 e. The van der Waals surface area contributed by atoms with Gasteiger partial charge in [0.05, 0.1) is 0 Å². The Morgan fingerprint density at radius 2 is 2.19 bits per heavy atom. The van der Waals surface area contributed by atoms with E-state index in [1.165, 1.54) is 34.1 Å². The lowest BCUT2D eigenvalue weighted by atomic mass is 9.87. The molecule has 3 N–H and O–H groups in total. The second kappa shape index (κ2) is 11.8. The van der Waals surface area contributed by atoms with Gasteiger partial charge in [-0.05, 0) is 50.7 Å². The van der Waals surface area contributed by atoms with E-state index in [0.717, 1.165) is 6.42 Å². The maximum atomic E-state index is 13.3. The molecule has 1 saturated carbocycles. The molecule has 11 heteroatoms. The van der Waals surface area contributed by atoms with Crippen molar-refractivity contribution in [1.29, 1.82) is 5.41 Å². The Bertz CT molecular complexity index is 1180. The van der Waals surface area contributed by atoms with Crippen molar-refractivity contribution < 1.29 is 23.5 Å². The molecule has 2 fully saturated rings. The van der Waals surface area contributed by atoms with Crippen LogP contribution in [-0.4, -0.2) is 68.4 Å². The Kier molecular flexibility index (Phi) is 8.80. The number of likely N-dealkylation sites (N-methyl/N-ethyl adjacent to an activating group) is 1. The molecule has 2 aliphatic rings. The van der Waals surface area contributed by atoms with E-state index in [2.05, 4.69) is 22.1 Å². The summed E-state index contributed by atoms with van der Waals surface area (Å²) in [5, 5.41) is 30.1. The van der Waals surface area contributed by atoms with Gasteiger partial charge in [0.1, 0.15) is 17.2 Å². The molecule has 2 unspecified atom stereocenters. The van der Waals surface area contributed by atoms with Crippen LogP contribution in [0, 0.1) is 18.3 Å². The van der Waals surface area contributed by atoms with E-state index in [1.54, 1.807) is 33.0 Å². The minimum atomic E-state index is -1.01. The van der Waals surface area contributed by atoms with Crippen molar-refractivity contribution >= 4 is 17.6 Å². The second-order valence-electron chi connectivity index (χ2n) is 9.07. The van der Waals surface area contributed by atoms with Gasteiger partial charge in [0.15, 0.2) is 5.76 Å². The zero-order chi connectivity index (χ0) is 27.2. The summed E-state index contributed by atoms with van der Waals surface area (Å²) >= 11 is 0. The van der Waals surface area contributed by atoms with Crippen molar-refractivity contribution in [3.63, 3.8) is 0 Å². The Morgan fingerprint density at radius 3 is 2.84 bits per heavy atom. The first-order chi connectivity index (χ1) is 17.6. The molecule has 1 aliphatic carbocycles. The van der Waals surface area contributed by atoms with Crippen LogP contribution in [0.25, 0.3) is 0 Å². The molecule has 2 atom stereocenters. The summed E-state index contributed by atoms with van der Waals surface area (Å²) < 4.78 is 18.6. The summed E-state index contributed by atoms with van der Waals surface area (Å²) in [6, 6.07) is 0. The summed E-state index contributed by atoms with van der Waals surface area (Å²) in [6.45, 7) is 7.49. The third-order valence-electron chi connectivity index (χ3n) is 6.66. The number of carbonyl (C=O) groups is 2. The van der Waals surface area contributed by atoms with Gasteiger partial charge >= 0.3 is 11.8 Å². The molecule has 1 aliphatic heterocycles. The van der Waals surface area contributed by atoms with Crippen LogP contribution >= 0.6 is 0 Å². The zero-order valence-electron chi connectivity index (χ0n) is 21.3. The van der Waals surface area contributed by atoms with Crippen LogP contribution in [0.5, 0.6) is 0 Å². The topological polar surface area (TPSA) is 136 Å². The number of rotatable bonds is 10. The number of aromatic nitrogens is 2. The lowest BCUT2D eigenvalue weighted by Gasteiger charge is -2.45. The Labute approximate surface area is 215 Å². The molecule has 1 aromatic rings. The zero-order valence-corrected chi connectivity index (χ0v) is 21.3. The van der Waals surface area contributed by atoms with Crippen LogP contribution in [0.15, 0.2) is 64.7 Å². The van der Waals surface area contributed by atoms with Crippen LogP contribution in [0.2, 0.25) is 0 Å². The number of carbonyl (C=O) groups excluding carboxylic acids is 2. The van der Waals surface area contributed by atoms with Crippen LogP contribution < -0.4 is 5.32 Å². The SMILES string of the molecule is C=C/C=C(F)\C=C/CCNC(/C=C(\O)C(=O)N1CC2CCC(N(C)C(=O)c3nnc(C)o3)(C2)C1=N)=C/C. The van der Waals surface area contributed by atoms with Gasteiger partial charge < -0.3 is 19.7 Å². The lowest BCUT2D eigenvalue weighted by molar-refractivity contribution is -0.127. The van der Waals surface area contributed by atoms with Gasteiger partial charge in [0.25, 0.3) is 5.91 Å². The molecule has 2 amide bonds. The van der Waals surface area contributed by atoms with Crippen molar-refractivity contribution in [2.75, 3.05) is 20.1 Å². The van der Waals surface area contributed by atoms with Crippen LogP contribution in [0.1, 0.15) is 49.2 Å². The minimum Gasteiger partial charge on any atom is -0.503 e. The summed E-state index contributed by atoms with van der Waals surface area (Å²) in [5.74, 6) is -2.05. The fraction of sp³-hybridized carbons (Fsp3) is 0.423. The highest BCUT2D eigenvalue weighted by Gasteiger charge is 2.55. The van der Waals surface area contributed by atoms with Crippen LogP contribution in [0.4, 0.5) is 4.39 Å². The first-order valence-corrected chi connectivity index (χ1v) is 12.1. The van der Waals surface area contributed by atoms with Crippen molar-refractivity contribution in [1.82, 2.24) is 25.3 Å². The molecule has 3 rings (SSSR count). The maximum absolute atomic E-state index is 13.3. The highest BCUT2D eigenvalue weighted by Crippen LogP contribution is 2.45. The number of nitrogens with one attached hydrogen (secondary N) is 2. The van der Waals surface area contributed by atoms with Crippen molar-refractivity contribution in [2.24, 2.45) is 5.92 Å². The second-order valence-corrected chi connectivity index (χ2v) is 9.07. The number of hydrogen-bond acceptors (Lipinski definition) is 8. The third-order valence-corrected chi connectivity index (χ3v) is 6.66. The van der Waals surface area contributed by atoms with E-state index in [4.69, 9.17) is 9.83 Å². The number of aliphatic hydroxyl groups is 1.